The molecule has 2 aromatic rings. The van der Waals surface area contributed by atoms with Gasteiger partial charge in [-0.15, -0.1) is 0 Å². The van der Waals surface area contributed by atoms with Crippen LogP contribution >= 0.6 is 0 Å². The Balaban J connectivity index is 1.32. The van der Waals surface area contributed by atoms with Gasteiger partial charge in [-0.3, -0.25) is 4.90 Å². The molecular formula is C22H31N3O3S. The molecule has 158 valence electrons. The molecular weight excluding hydrogens is 386 g/mol. The van der Waals surface area contributed by atoms with Crippen LogP contribution in [0.1, 0.15) is 48.3 Å². The van der Waals surface area contributed by atoms with Gasteiger partial charge in [0.25, 0.3) is 0 Å². The standard InChI is InChI=1S/C22H31N3O3S/c1-17-22(18(2)28-23-17)29(26,27)25-13-9-20(10-14-25)15-19-5-7-21(8-6-19)16-24-11-3-4-12-24/h5-8,20H,3-4,9-16H2,1-2H3. The molecule has 0 spiro atoms. The Morgan fingerprint density at radius 2 is 1.62 bits per heavy atom. The van der Waals surface area contributed by atoms with Crippen molar-refractivity contribution in [3.8, 4) is 0 Å². The molecule has 2 aliphatic rings. The van der Waals surface area contributed by atoms with E-state index in [4.69, 9.17) is 4.52 Å². The number of benzene rings is 1. The molecule has 0 unspecified atom stereocenters. The van der Waals surface area contributed by atoms with E-state index in [1.165, 1.54) is 37.1 Å². The molecule has 0 atom stereocenters. The van der Waals surface area contributed by atoms with E-state index in [9.17, 15) is 8.42 Å². The number of nitrogens with zero attached hydrogens (tertiary/aromatic N) is 3. The van der Waals surface area contributed by atoms with Gasteiger partial charge in [-0.25, -0.2) is 8.42 Å². The van der Waals surface area contributed by atoms with Crippen LogP contribution in [0.4, 0.5) is 0 Å². The molecule has 0 saturated carbocycles. The van der Waals surface area contributed by atoms with Crippen LogP contribution < -0.4 is 0 Å². The fraction of sp³-hybridized carbons (Fsp3) is 0.591. The second-order valence-electron chi connectivity index (χ2n) is 8.50. The number of sulfonamides is 1. The third-order valence-corrected chi connectivity index (χ3v) is 8.44. The highest BCUT2D eigenvalue weighted by atomic mass is 32.2. The normalized spacial score (nSPS) is 19.8. The van der Waals surface area contributed by atoms with E-state index in [1.54, 1.807) is 18.2 Å². The number of aryl methyl sites for hydroxylation is 2. The molecule has 1 aromatic heterocycles. The molecule has 1 aromatic carbocycles. The number of hydrogen-bond acceptors (Lipinski definition) is 5. The Morgan fingerprint density at radius 1 is 1.00 bits per heavy atom. The Kier molecular flexibility index (Phi) is 6.08. The molecule has 4 rings (SSSR count). The lowest BCUT2D eigenvalue weighted by Crippen LogP contribution is -2.39. The highest BCUT2D eigenvalue weighted by molar-refractivity contribution is 7.89. The second kappa shape index (κ2) is 8.58. The summed E-state index contributed by atoms with van der Waals surface area (Å²) >= 11 is 0. The first-order valence-corrected chi connectivity index (χ1v) is 12.1. The maximum atomic E-state index is 13.0. The number of likely N-dealkylation sites (tertiary alicyclic amines) is 1. The Morgan fingerprint density at radius 3 is 2.21 bits per heavy atom. The van der Waals surface area contributed by atoms with Crippen LogP contribution in [0.5, 0.6) is 0 Å². The second-order valence-corrected chi connectivity index (χ2v) is 10.4. The van der Waals surface area contributed by atoms with Gasteiger partial charge in [-0.2, -0.15) is 4.31 Å². The van der Waals surface area contributed by atoms with Crippen LogP contribution in [-0.2, 0) is 23.0 Å². The van der Waals surface area contributed by atoms with Gasteiger partial charge in [0, 0.05) is 19.6 Å². The quantitative estimate of drug-likeness (QED) is 0.719. The van der Waals surface area contributed by atoms with Crippen molar-refractivity contribution < 1.29 is 12.9 Å². The van der Waals surface area contributed by atoms with Crippen LogP contribution in [0.3, 0.4) is 0 Å². The van der Waals surface area contributed by atoms with Crippen molar-refractivity contribution in [2.24, 2.45) is 5.92 Å². The average molecular weight is 418 g/mol. The van der Waals surface area contributed by atoms with Crippen molar-refractivity contribution >= 4 is 10.0 Å². The van der Waals surface area contributed by atoms with Gasteiger partial charge in [-0.1, -0.05) is 29.4 Å². The van der Waals surface area contributed by atoms with Crippen molar-refractivity contribution in [1.82, 2.24) is 14.4 Å². The van der Waals surface area contributed by atoms with Crippen molar-refractivity contribution in [1.29, 1.82) is 0 Å². The fourth-order valence-corrected chi connectivity index (χ4v) is 6.40. The van der Waals surface area contributed by atoms with Crippen LogP contribution in [0, 0.1) is 19.8 Å². The van der Waals surface area contributed by atoms with Gasteiger partial charge in [0.05, 0.1) is 0 Å². The lowest BCUT2D eigenvalue weighted by atomic mass is 9.91. The molecule has 2 saturated heterocycles. The summed E-state index contributed by atoms with van der Waals surface area (Å²) in [6.07, 6.45) is 5.44. The predicted octanol–water partition coefficient (Wildman–Crippen LogP) is 3.53. The molecule has 2 fully saturated rings. The lowest BCUT2D eigenvalue weighted by molar-refractivity contribution is 0.272. The predicted molar refractivity (Wildman–Crippen MR) is 112 cm³/mol. The summed E-state index contributed by atoms with van der Waals surface area (Å²) < 4.78 is 32.6. The molecule has 0 bridgehead atoms. The first-order chi connectivity index (χ1) is 13.9. The third kappa shape index (κ3) is 4.57. The molecule has 0 N–H and O–H groups in total. The largest absolute Gasteiger partial charge is 0.360 e. The van der Waals surface area contributed by atoms with Gasteiger partial charge in [0.1, 0.15) is 10.6 Å². The Labute approximate surface area is 173 Å². The summed E-state index contributed by atoms with van der Waals surface area (Å²) in [5.41, 5.74) is 3.18. The summed E-state index contributed by atoms with van der Waals surface area (Å²) in [5, 5.41) is 3.80. The zero-order valence-corrected chi connectivity index (χ0v) is 18.2. The van der Waals surface area contributed by atoms with Crippen molar-refractivity contribution in [2.45, 2.75) is 57.4 Å². The third-order valence-electron chi connectivity index (χ3n) is 6.29. The van der Waals surface area contributed by atoms with Gasteiger partial charge >= 0.3 is 0 Å². The first-order valence-electron chi connectivity index (χ1n) is 10.7. The van der Waals surface area contributed by atoms with E-state index >= 15 is 0 Å². The fourth-order valence-electron chi connectivity index (χ4n) is 4.64. The minimum atomic E-state index is -3.52. The minimum Gasteiger partial charge on any atom is -0.360 e. The van der Waals surface area contributed by atoms with Gasteiger partial charge in [0.2, 0.25) is 10.0 Å². The highest BCUT2D eigenvalue weighted by Gasteiger charge is 2.33. The molecule has 2 aliphatic heterocycles. The van der Waals surface area contributed by atoms with E-state index < -0.39 is 10.0 Å². The molecule has 0 amide bonds. The smallest absolute Gasteiger partial charge is 0.248 e. The Bertz CT molecular complexity index is 903. The van der Waals surface area contributed by atoms with Crippen LogP contribution in [0.25, 0.3) is 0 Å². The minimum absolute atomic E-state index is 0.240. The van der Waals surface area contributed by atoms with Crippen molar-refractivity contribution in [3.05, 3.63) is 46.8 Å². The topological polar surface area (TPSA) is 66.7 Å². The van der Waals surface area contributed by atoms with E-state index in [0.29, 0.717) is 30.5 Å². The molecule has 6 nitrogen and oxygen atoms in total. The first kappa shape index (κ1) is 20.6. The summed E-state index contributed by atoms with van der Waals surface area (Å²) in [5.74, 6) is 0.897. The Hall–Kier alpha value is -1.70. The van der Waals surface area contributed by atoms with Gasteiger partial charge < -0.3 is 4.52 Å². The molecule has 0 radical (unpaired) electrons. The van der Waals surface area contributed by atoms with Crippen molar-refractivity contribution in [2.75, 3.05) is 26.2 Å². The monoisotopic (exact) mass is 417 g/mol. The SMILES string of the molecule is Cc1noc(C)c1S(=O)(=O)N1CCC(Cc2ccc(CN3CCCC3)cc2)CC1. The molecule has 3 heterocycles. The van der Waals surface area contributed by atoms with E-state index in [0.717, 1.165) is 25.8 Å². The molecule has 29 heavy (non-hydrogen) atoms. The summed E-state index contributed by atoms with van der Waals surface area (Å²) in [4.78, 5) is 2.76. The maximum Gasteiger partial charge on any atom is 0.248 e. The van der Waals surface area contributed by atoms with Gasteiger partial charge in [-0.05, 0) is 76.1 Å². The zero-order chi connectivity index (χ0) is 20.4. The van der Waals surface area contributed by atoms with E-state index in [1.807, 2.05) is 0 Å². The zero-order valence-electron chi connectivity index (χ0n) is 17.4. The lowest BCUT2D eigenvalue weighted by Gasteiger charge is -2.31. The van der Waals surface area contributed by atoms with Crippen molar-refractivity contribution in [3.63, 3.8) is 0 Å². The number of aromatic nitrogens is 1. The highest BCUT2D eigenvalue weighted by Crippen LogP contribution is 2.29. The van der Waals surface area contributed by atoms with Crippen LogP contribution in [0.15, 0.2) is 33.7 Å². The molecule has 0 aliphatic carbocycles. The average Bonchev–Trinajstić information content (AvgIpc) is 3.33. The number of rotatable bonds is 6. The summed E-state index contributed by atoms with van der Waals surface area (Å²) in [6.45, 7) is 7.96. The maximum absolute atomic E-state index is 13.0. The van der Waals surface area contributed by atoms with Crippen LogP contribution in [-0.4, -0.2) is 49.0 Å². The number of piperidine rings is 1. The van der Waals surface area contributed by atoms with E-state index in [2.05, 4.69) is 34.3 Å². The van der Waals surface area contributed by atoms with Crippen LogP contribution in [0.2, 0.25) is 0 Å². The van der Waals surface area contributed by atoms with Gasteiger partial charge in [0.15, 0.2) is 5.76 Å². The summed E-state index contributed by atoms with van der Waals surface area (Å²) in [7, 11) is -3.52. The molecule has 7 heteroatoms. The van der Waals surface area contributed by atoms with E-state index in [-0.39, 0.29) is 4.90 Å². The number of hydrogen-bond donors (Lipinski definition) is 0. The summed E-state index contributed by atoms with van der Waals surface area (Å²) in [6, 6.07) is 9.01.